The van der Waals surface area contributed by atoms with Crippen molar-refractivity contribution in [2.24, 2.45) is 0 Å². The number of nitrogens with one attached hydrogen (secondary N) is 2. The van der Waals surface area contributed by atoms with Crippen LogP contribution in [-0.4, -0.2) is 63.9 Å². The van der Waals surface area contributed by atoms with Crippen molar-refractivity contribution in [1.82, 2.24) is 14.8 Å². The number of amides is 3. The molecule has 2 aromatic rings. The number of ether oxygens (including phenoxy) is 1. The summed E-state index contributed by atoms with van der Waals surface area (Å²) in [5.74, 6) is -1.28. The zero-order chi connectivity index (χ0) is 22.2. The summed E-state index contributed by atoms with van der Waals surface area (Å²) in [5, 5.41) is 2.29. The highest BCUT2D eigenvalue weighted by Gasteiger charge is 2.33. The number of rotatable bonds is 5. The van der Waals surface area contributed by atoms with Gasteiger partial charge in [0.25, 0.3) is 11.1 Å². The number of hydrogen-bond acceptors (Lipinski definition) is 6. The Labute approximate surface area is 187 Å². The van der Waals surface area contributed by atoms with Gasteiger partial charge in [-0.2, -0.15) is 0 Å². The highest BCUT2D eigenvalue weighted by Crippen LogP contribution is 2.37. The zero-order valence-corrected chi connectivity index (χ0v) is 18.0. The molecule has 8 nitrogen and oxygen atoms in total. The topological polar surface area (TPSA) is 94.7 Å². The minimum Gasteiger partial charge on any atom is -0.379 e. The number of aromatic nitrogens is 1. The predicted molar refractivity (Wildman–Crippen MR) is 118 cm³/mol. The summed E-state index contributed by atoms with van der Waals surface area (Å²) in [7, 11) is 0. The second-order valence-electron chi connectivity index (χ2n) is 7.86. The lowest BCUT2D eigenvalue weighted by atomic mass is 10.0. The van der Waals surface area contributed by atoms with Crippen LogP contribution in [0.2, 0.25) is 0 Å². The van der Waals surface area contributed by atoms with Crippen molar-refractivity contribution in [3.05, 3.63) is 52.6 Å². The Bertz CT molecular complexity index is 1120. The Morgan fingerprint density at radius 3 is 2.72 bits per heavy atom. The van der Waals surface area contributed by atoms with E-state index < -0.39 is 11.7 Å². The molecule has 0 spiro atoms. The van der Waals surface area contributed by atoms with E-state index >= 15 is 4.39 Å². The lowest BCUT2D eigenvalue weighted by Crippen LogP contribution is -2.35. The number of benzene rings is 1. The molecule has 1 aromatic carbocycles. The number of hydrogen-bond donors (Lipinski definition) is 2. The third-order valence-electron chi connectivity index (χ3n) is 5.73. The Balaban J connectivity index is 1.41. The molecule has 0 aliphatic carbocycles. The first-order chi connectivity index (χ1) is 15.5. The lowest BCUT2D eigenvalue weighted by molar-refractivity contribution is -0.125. The van der Waals surface area contributed by atoms with E-state index in [1.54, 1.807) is 12.1 Å². The van der Waals surface area contributed by atoms with Gasteiger partial charge in [-0.1, -0.05) is 17.8 Å². The molecular formula is C22H21FN4O4S. The summed E-state index contributed by atoms with van der Waals surface area (Å²) in [6, 6.07) is 5.04. The summed E-state index contributed by atoms with van der Waals surface area (Å²) in [6.45, 7) is 3.77. The second-order valence-corrected chi connectivity index (χ2v) is 8.79. The highest BCUT2D eigenvalue weighted by molar-refractivity contribution is 8.14. The SMILES string of the molecule is O=C1Nc2ccc(CN3C(=O)CSC3=O)c(F)c2/C1=C/c1cc(CN2CCOCC2)c[nH]1. The Kier molecular flexibility index (Phi) is 5.58. The van der Waals surface area contributed by atoms with Crippen molar-refractivity contribution in [3.8, 4) is 0 Å². The molecule has 2 N–H and O–H groups in total. The quantitative estimate of drug-likeness (QED) is 0.672. The van der Waals surface area contributed by atoms with Crippen LogP contribution in [0.25, 0.3) is 11.6 Å². The molecular weight excluding hydrogens is 435 g/mol. The highest BCUT2D eigenvalue weighted by atomic mass is 32.2. The van der Waals surface area contributed by atoms with Gasteiger partial charge < -0.3 is 15.0 Å². The van der Waals surface area contributed by atoms with E-state index in [9.17, 15) is 14.4 Å². The van der Waals surface area contributed by atoms with Crippen molar-refractivity contribution in [2.45, 2.75) is 13.1 Å². The number of thioether (sulfide) groups is 1. The minimum atomic E-state index is -0.607. The first kappa shape index (κ1) is 20.9. The number of nitrogens with zero attached hydrogens (tertiary/aromatic N) is 2. The molecule has 3 amide bonds. The van der Waals surface area contributed by atoms with Gasteiger partial charge in [0.15, 0.2) is 0 Å². The molecule has 166 valence electrons. The fourth-order valence-electron chi connectivity index (χ4n) is 4.06. The van der Waals surface area contributed by atoms with Crippen LogP contribution in [0.3, 0.4) is 0 Å². The van der Waals surface area contributed by atoms with Crippen LogP contribution < -0.4 is 5.32 Å². The summed E-state index contributed by atoms with van der Waals surface area (Å²) in [4.78, 5) is 42.8. The van der Waals surface area contributed by atoms with Crippen LogP contribution >= 0.6 is 11.8 Å². The average molecular weight is 456 g/mol. The summed E-state index contributed by atoms with van der Waals surface area (Å²) < 4.78 is 20.8. The van der Waals surface area contributed by atoms with Crippen molar-refractivity contribution in [1.29, 1.82) is 0 Å². The normalized spacial score (nSPS) is 20.3. The summed E-state index contributed by atoms with van der Waals surface area (Å²) in [5.41, 5.74) is 2.68. The number of anilines is 1. The molecule has 2 saturated heterocycles. The zero-order valence-electron chi connectivity index (χ0n) is 17.2. The van der Waals surface area contributed by atoms with Gasteiger partial charge >= 0.3 is 0 Å². The van der Waals surface area contributed by atoms with E-state index in [1.807, 2.05) is 12.3 Å². The van der Waals surface area contributed by atoms with Gasteiger partial charge in [0, 0.05) is 42.7 Å². The van der Waals surface area contributed by atoms with E-state index in [4.69, 9.17) is 4.74 Å². The standard InChI is InChI=1S/C22H21FN4O4S/c23-20-14(11-27-18(28)12-32-22(27)30)1-2-17-19(20)16(21(29)25-17)8-15-7-13(9-24-15)10-26-3-5-31-6-4-26/h1-2,7-9,24H,3-6,10-12H2,(H,25,29)/b16-8-. The first-order valence-corrected chi connectivity index (χ1v) is 11.3. The molecule has 10 heteroatoms. The molecule has 4 heterocycles. The van der Waals surface area contributed by atoms with E-state index in [-0.39, 0.29) is 40.1 Å². The number of carbonyl (C=O) groups excluding carboxylic acids is 3. The van der Waals surface area contributed by atoms with E-state index in [0.717, 1.165) is 41.9 Å². The maximum absolute atomic E-state index is 15.4. The largest absolute Gasteiger partial charge is 0.379 e. The van der Waals surface area contributed by atoms with Gasteiger partial charge in [0.2, 0.25) is 5.91 Å². The third kappa shape index (κ3) is 3.96. The van der Waals surface area contributed by atoms with Crippen LogP contribution in [0.4, 0.5) is 14.9 Å². The summed E-state index contributed by atoms with van der Waals surface area (Å²) in [6.07, 6.45) is 3.50. The van der Waals surface area contributed by atoms with Crippen LogP contribution in [0, 0.1) is 5.82 Å². The molecule has 3 aliphatic rings. The van der Waals surface area contributed by atoms with Crippen molar-refractivity contribution < 1.29 is 23.5 Å². The molecule has 0 atom stereocenters. The van der Waals surface area contributed by atoms with Gasteiger partial charge in [-0.3, -0.25) is 24.2 Å². The van der Waals surface area contributed by atoms with Crippen molar-refractivity contribution in [3.63, 3.8) is 0 Å². The number of aromatic amines is 1. The number of H-pyrrole nitrogens is 1. The van der Waals surface area contributed by atoms with Crippen LogP contribution in [0.5, 0.6) is 0 Å². The molecule has 0 unspecified atom stereocenters. The van der Waals surface area contributed by atoms with E-state index in [1.165, 1.54) is 6.07 Å². The van der Waals surface area contributed by atoms with Crippen molar-refractivity contribution >= 4 is 46.2 Å². The van der Waals surface area contributed by atoms with Crippen LogP contribution in [0.1, 0.15) is 22.4 Å². The molecule has 32 heavy (non-hydrogen) atoms. The number of morpholine rings is 1. The van der Waals surface area contributed by atoms with Gasteiger partial charge in [0.1, 0.15) is 5.82 Å². The van der Waals surface area contributed by atoms with Gasteiger partial charge in [-0.05, 0) is 23.8 Å². The molecule has 2 fully saturated rings. The number of fused-ring (bicyclic) bond motifs is 1. The van der Waals surface area contributed by atoms with Gasteiger partial charge in [-0.25, -0.2) is 4.39 Å². The maximum atomic E-state index is 15.4. The molecule has 0 saturated carbocycles. The van der Waals surface area contributed by atoms with Gasteiger partial charge in [0.05, 0.1) is 36.8 Å². The number of carbonyl (C=O) groups is 3. The molecule has 5 rings (SSSR count). The fraction of sp³-hybridized carbons (Fsp3) is 0.318. The van der Waals surface area contributed by atoms with Crippen LogP contribution in [0.15, 0.2) is 24.4 Å². The van der Waals surface area contributed by atoms with E-state index in [2.05, 4.69) is 15.2 Å². The second kappa shape index (κ2) is 8.53. The van der Waals surface area contributed by atoms with Crippen LogP contribution in [-0.2, 0) is 27.4 Å². The number of imide groups is 1. The monoisotopic (exact) mass is 456 g/mol. The molecule has 3 aliphatic heterocycles. The predicted octanol–water partition coefficient (Wildman–Crippen LogP) is 2.67. The maximum Gasteiger partial charge on any atom is 0.289 e. The Hall–Kier alpha value is -2.95. The first-order valence-electron chi connectivity index (χ1n) is 10.3. The number of halogens is 1. The van der Waals surface area contributed by atoms with E-state index in [0.29, 0.717) is 24.6 Å². The average Bonchev–Trinajstić information content (AvgIpc) is 3.45. The Morgan fingerprint density at radius 1 is 1.16 bits per heavy atom. The van der Waals surface area contributed by atoms with Gasteiger partial charge in [-0.15, -0.1) is 0 Å². The molecule has 0 bridgehead atoms. The smallest absolute Gasteiger partial charge is 0.289 e. The minimum absolute atomic E-state index is 0.0657. The Morgan fingerprint density at radius 2 is 1.97 bits per heavy atom. The fourth-order valence-corrected chi connectivity index (χ4v) is 4.79. The van der Waals surface area contributed by atoms with Crippen molar-refractivity contribution in [2.75, 3.05) is 37.4 Å². The molecule has 0 radical (unpaired) electrons. The summed E-state index contributed by atoms with van der Waals surface area (Å²) >= 11 is 0.904. The third-order valence-corrected chi connectivity index (χ3v) is 6.59. The lowest BCUT2D eigenvalue weighted by Gasteiger charge is -2.25. The molecule has 1 aromatic heterocycles.